The van der Waals surface area contributed by atoms with E-state index in [9.17, 15) is 18.0 Å². The number of hydrogen-bond acceptors (Lipinski definition) is 6. The number of sulfone groups is 1. The molecule has 0 saturated carbocycles. The summed E-state index contributed by atoms with van der Waals surface area (Å²) in [7, 11) is -3.88. The fourth-order valence-electron chi connectivity index (χ4n) is 3.23. The van der Waals surface area contributed by atoms with Crippen LogP contribution >= 0.6 is 11.6 Å². The van der Waals surface area contributed by atoms with Crippen molar-refractivity contribution >= 4 is 33.4 Å². The van der Waals surface area contributed by atoms with Crippen molar-refractivity contribution in [2.75, 3.05) is 19.0 Å². The third-order valence-electron chi connectivity index (χ3n) is 4.85. The molecule has 0 atom stereocenters. The van der Waals surface area contributed by atoms with E-state index in [1.165, 1.54) is 24.3 Å². The van der Waals surface area contributed by atoms with Crippen molar-refractivity contribution < 1.29 is 32.6 Å². The number of halogens is 1. The van der Waals surface area contributed by atoms with Crippen LogP contribution in [-0.2, 0) is 19.4 Å². The maximum Gasteiger partial charge on any atom is 0.411 e. The summed E-state index contributed by atoms with van der Waals surface area (Å²) in [6, 6.07) is 12.5. The molecule has 2 aromatic rings. The predicted octanol–water partition coefficient (Wildman–Crippen LogP) is 3.50. The van der Waals surface area contributed by atoms with Crippen molar-refractivity contribution in [2.24, 2.45) is 5.41 Å². The van der Waals surface area contributed by atoms with Crippen LogP contribution in [0.4, 0.5) is 4.79 Å². The zero-order valence-corrected chi connectivity index (χ0v) is 17.4. The Labute approximate surface area is 178 Å². The number of benzene rings is 2. The number of carbonyl (C=O) groups excluding carboxylic acids is 1. The molecule has 1 aliphatic rings. The van der Waals surface area contributed by atoms with E-state index < -0.39 is 33.0 Å². The Morgan fingerprint density at radius 3 is 2.10 bits per heavy atom. The smallest absolute Gasteiger partial charge is 0.411 e. The van der Waals surface area contributed by atoms with Crippen LogP contribution in [0.3, 0.4) is 0 Å². The van der Waals surface area contributed by atoms with Gasteiger partial charge in [-0.1, -0.05) is 11.6 Å². The van der Waals surface area contributed by atoms with Crippen LogP contribution in [0.2, 0.25) is 5.02 Å². The van der Waals surface area contributed by atoms with Gasteiger partial charge in [-0.3, -0.25) is 10.1 Å². The van der Waals surface area contributed by atoms with Gasteiger partial charge in [-0.15, -0.1) is 0 Å². The van der Waals surface area contributed by atoms with Crippen molar-refractivity contribution in [1.82, 2.24) is 5.32 Å². The van der Waals surface area contributed by atoms with Gasteiger partial charge < -0.3 is 14.6 Å². The summed E-state index contributed by atoms with van der Waals surface area (Å²) < 4.78 is 36.8. The average molecular weight is 454 g/mol. The van der Waals surface area contributed by atoms with Gasteiger partial charge in [-0.2, -0.15) is 0 Å². The fourth-order valence-corrected chi connectivity index (χ4v) is 5.22. The summed E-state index contributed by atoms with van der Waals surface area (Å²) in [6.45, 7) is 0.354. The third-order valence-corrected chi connectivity index (χ3v) is 7.03. The van der Waals surface area contributed by atoms with E-state index in [4.69, 9.17) is 26.2 Å². The van der Waals surface area contributed by atoms with E-state index >= 15 is 0 Å². The van der Waals surface area contributed by atoms with Crippen molar-refractivity contribution in [3.05, 3.63) is 53.6 Å². The van der Waals surface area contributed by atoms with Gasteiger partial charge in [-0.25, -0.2) is 13.2 Å². The standard InChI is InChI=1S/C20H20ClNO7S/c21-14-1-3-15(4-2-14)29-16-5-7-17(8-6-16)30(26,27)13-20(9-11-28-12-10-20)18(23)22-19(24)25/h1-8H,9-13H2,(H,22,23)(H,24,25). The van der Waals surface area contributed by atoms with Crippen LogP contribution in [0.25, 0.3) is 0 Å². The second-order valence-corrected chi connectivity index (χ2v) is 9.36. The SMILES string of the molecule is O=C(O)NC(=O)C1(CS(=O)(=O)c2ccc(Oc3ccc(Cl)cc3)cc2)CCOCC1. The van der Waals surface area contributed by atoms with Gasteiger partial charge in [0.15, 0.2) is 9.84 Å². The van der Waals surface area contributed by atoms with E-state index in [1.54, 1.807) is 29.6 Å². The number of carbonyl (C=O) groups is 2. The summed E-state index contributed by atoms with van der Waals surface area (Å²) in [5.41, 5.74) is -1.37. The minimum absolute atomic E-state index is 0.0138. The van der Waals surface area contributed by atoms with Gasteiger partial charge in [0, 0.05) is 18.2 Å². The molecule has 1 fully saturated rings. The zero-order valence-electron chi connectivity index (χ0n) is 15.8. The summed E-state index contributed by atoms with van der Waals surface area (Å²) >= 11 is 5.84. The van der Waals surface area contributed by atoms with Gasteiger partial charge in [-0.05, 0) is 61.4 Å². The zero-order chi connectivity index (χ0) is 21.8. The number of rotatable bonds is 6. The summed E-state index contributed by atoms with van der Waals surface area (Å²) in [6.07, 6.45) is -1.29. The number of hydrogen-bond donors (Lipinski definition) is 2. The fraction of sp³-hybridized carbons (Fsp3) is 0.300. The molecule has 1 heterocycles. The minimum atomic E-state index is -3.88. The highest BCUT2D eigenvalue weighted by molar-refractivity contribution is 7.91. The Kier molecular flexibility index (Phi) is 6.64. The molecule has 0 aromatic heterocycles. The van der Waals surface area contributed by atoms with E-state index in [0.29, 0.717) is 16.5 Å². The Bertz CT molecular complexity index is 1010. The Morgan fingerprint density at radius 1 is 1.03 bits per heavy atom. The van der Waals surface area contributed by atoms with Crippen LogP contribution in [0, 0.1) is 5.41 Å². The molecule has 0 aliphatic carbocycles. The van der Waals surface area contributed by atoms with Crippen LogP contribution in [-0.4, -0.2) is 44.5 Å². The Morgan fingerprint density at radius 2 is 1.57 bits per heavy atom. The molecule has 160 valence electrons. The van der Waals surface area contributed by atoms with Crippen LogP contribution < -0.4 is 10.1 Å². The second kappa shape index (κ2) is 9.03. The first kappa shape index (κ1) is 22.1. The first-order valence-electron chi connectivity index (χ1n) is 9.09. The van der Waals surface area contributed by atoms with Crippen LogP contribution in [0.1, 0.15) is 12.8 Å². The molecule has 0 spiro atoms. The van der Waals surface area contributed by atoms with Gasteiger partial charge >= 0.3 is 6.09 Å². The molecule has 2 aromatic carbocycles. The molecule has 3 rings (SSSR count). The first-order valence-corrected chi connectivity index (χ1v) is 11.1. The minimum Gasteiger partial charge on any atom is -0.465 e. The summed E-state index contributed by atoms with van der Waals surface area (Å²) in [5, 5.41) is 11.2. The lowest BCUT2D eigenvalue weighted by Gasteiger charge is -2.34. The Hall–Kier alpha value is -2.62. The highest BCUT2D eigenvalue weighted by Gasteiger charge is 2.44. The molecule has 0 radical (unpaired) electrons. The maximum absolute atomic E-state index is 13.0. The molecule has 30 heavy (non-hydrogen) atoms. The normalized spacial score (nSPS) is 15.9. The average Bonchev–Trinajstić information content (AvgIpc) is 2.70. The molecule has 2 amide bonds. The number of ether oxygens (including phenoxy) is 2. The van der Waals surface area contributed by atoms with Crippen LogP contribution in [0.5, 0.6) is 11.5 Å². The van der Waals surface area contributed by atoms with Gasteiger partial charge in [0.05, 0.1) is 16.1 Å². The second-order valence-electron chi connectivity index (χ2n) is 6.94. The van der Waals surface area contributed by atoms with Crippen molar-refractivity contribution in [3.63, 3.8) is 0 Å². The maximum atomic E-state index is 13.0. The van der Waals surface area contributed by atoms with Gasteiger partial charge in [0.25, 0.3) is 0 Å². The van der Waals surface area contributed by atoms with E-state index in [0.717, 1.165) is 0 Å². The van der Waals surface area contributed by atoms with E-state index in [2.05, 4.69) is 0 Å². The molecule has 0 unspecified atom stereocenters. The molecule has 1 aliphatic heterocycles. The highest BCUT2D eigenvalue weighted by Crippen LogP contribution is 2.35. The quantitative estimate of drug-likeness (QED) is 0.686. The predicted molar refractivity (Wildman–Crippen MR) is 109 cm³/mol. The molecule has 2 N–H and O–H groups in total. The summed E-state index contributed by atoms with van der Waals surface area (Å²) in [4.78, 5) is 23.4. The molecule has 0 bridgehead atoms. The largest absolute Gasteiger partial charge is 0.465 e. The lowest BCUT2D eigenvalue weighted by molar-refractivity contribution is -0.134. The molecule has 1 saturated heterocycles. The summed E-state index contributed by atoms with van der Waals surface area (Å²) in [5.74, 6) is -0.369. The number of imide groups is 1. The Balaban J connectivity index is 1.78. The molecular formula is C20H20ClNO7S. The number of carboxylic acid groups (broad SMARTS) is 1. The number of amides is 2. The van der Waals surface area contributed by atoms with Gasteiger partial charge in [0.2, 0.25) is 5.91 Å². The lowest BCUT2D eigenvalue weighted by Crippen LogP contribution is -2.50. The van der Waals surface area contributed by atoms with E-state index in [-0.39, 0.29) is 31.0 Å². The molecule has 10 heteroatoms. The van der Waals surface area contributed by atoms with Gasteiger partial charge in [0.1, 0.15) is 11.5 Å². The highest BCUT2D eigenvalue weighted by atomic mass is 35.5. The first-order chi connectivity index (χ1) is 14.2. The molecular weight excluding hydrogens is 434 g/mol. The van der Waals surface area contributed by atoms with Crippen molar-refractivity contribution in [3.8, 4) is 11.5 Å². The van der Waals surface area contributed by atoms with Crippen molar-refractivity contribution in [2.45, 2.75) is 17.7 Å². The van der Waals surface area contributed by atoms with Crippen molar-refractivity contribution in [1.29, 1.82) is 0 Å². The number of nitrogens with one attached hydrogen (secondary N) is 1. The monoisotopic (exact) mass is 453 g/mol. The topological polar surface area (TPSA) is 119 Å². The third kappa shape index (κ3) is 5.29. The van der Waals surface area contributed by atoms with E-state index in [1.807, 2.05) is 0 Å². The lowest BCUT2D eigenvalue weighted by atomic mass is 9.81. The van der Waals surface area contributed by atoms with Crippen LogP contribution in [0.15, 0.2) is 53.4 Å². The molecule has 8 nitrogen and oxygen atoms in total.